The first-order valence-corrected chi connectivity index (χ1v) is 6.75. The summed E-state index contributed by atoms with van der Waals surface area (Å²) < 4.78 is 6.53. The third-order valence-electron chi connectivity index (χ3n) is 3.02. The zero-order valence-electron chi connectivity index (χ0n) is 11.6. The van der Waals surface area contributed by atoms with Gasteiger partial charge in [-0.05, 0) is 12.8 Å². The van der Waals surface area contributed by atoms with Gasteiger partial charge >= 0.3 is 5.97 Å². The van der Waals surface area contributed by atoms with E-state index >= 15 is 0 Å². The second kappa shape index (κ2) is 7.84. The van der Waals surface area contributed by atoms with Crippen LogP contribution in [-0.2, 0) is 17.7 Å². The van der Waals surface area contributed by atoms with Gasteiger partial charge < -0.3 is 4.74 Å². The monoisotopic (exact) mass is 253 g/mol. The van der Waals surface area contributed by atoms with Crippen LogP contribution in [-0.4, -0.2) is 28.1 Å². The molecule has 1 aromatic rings. The molecule has 0 atom stereocenters. The highest BCUT2D eigenvalue weighted by molar-refractivity contribution is 5.88. The van der Waals surface area contributed by atoms with E-state index in [4.69, 9.17) is 4.74 Å². The normalized spacial score (nSPS) is 10.6. The summed E-state index contributed by atoms with van der Waals surface area (Å²) >= 11 is 0. The van der Waals surface area contributed by atoms with Gasteiger partial charge in [0.05, 0.1) is 12.8 Å². The number of ether oxygens (including phenoxy) is 1. The lowest BCUT2D eigenvalue weighted by Gasteiger charge is -2.05. The molecule has 0 spiro atoms. The van der Waals surface area contributed by atoms with Crippen LogP contribution in [0.2, 0.25) is 0 Å². The molecular weight excluding hydrogens is 230 g/mol. The van der Waals surface area contributed by atoms with E-state index in [9.17, 15) is 4.79 Å². The van der Waals surface area contributed by atoms with Crippen LogP contribution in [0.15, 0.2) is 0 Å². The van der Waals surface area contributed by atoms with Gasteiger partial charge in [-0.2, -0.15) is 0 Å². The van der Waals surface area contributed by atoms with Gasteiger partial charge in [-0.1, -0.05) is 44.7 Å². The van der Waals surface area contributed by atoms with Crippen molar-refractivity contribution in [2.45, 2.75) is 58.9 Å². The molecule has 0 amide bonds. The van der Waals surface area contributed by atoms with Gasteiger partial charge in [0.1, 0.15) is 0 Å². The molecule has 5 heteroatoms. The van der Waals surface area contributed by atoms with E-state index < -0.39 is 5.97 Å². The maximum atomic E-state index is 11.5. The second-order valence-corrected chi connectivity index (χ2v) is 4.37. The lowest BCUT2D eigenvalue weighted by Crippen LogP contribution is -2.09. The fraction of sp³-hybridized carbons (Fsp3) is 0.769. The Kier molecular flexibility index (Phi) is 6.39. The number of nitrogens with zero attached hydrogens (tertiary/aromatic N) is 3. The predicted molar refractivity (Wildman–Crippen MR) is 69.5 cm³/mol. The van der Waals surface area contributed by atoms with Crippen LogP contribution in [0.25, 0.3) is 0 Å². The zero-order valence-corrected chi connectivity index (χ0v) is 11.6. The number of hydrogen-bond donors (Lipinski definition) is 0. The van der Waals surface area contributed by atoms with Crippen LogP contribution in [0.5, 0.6) is 0 Å². The molecule has 0 saturated carbocycles. The number of carbonyl (C=O) groups excluding carboxylic acids is 1. The lowest BCUT2D eigenvalue weighted by molar-refractivity contribution is 0.0592. The van der Waals surface area contributed by atoms with E-state index in [2.05, 4.69) is 17.2 Å². The Labute approximate surface area is 109 Å². The Morgan fingerprint density at radius 2 is 1.94 bits per heavy atom. The third kappa shape index (κ3) is 3.82. The Balaban J connectivity index is 2.55. The maximum absolute atomic E-state index is 11.5. The molecule has 0 bridgehead atoms. The molecule has 0 saturated heterocycles. The van der Waals surface area contributed by atoms with Crippen molar-refractivity contribution >= 4 is 5.97 Å². The minimum absolute atomic E-state index is 0.355. The Morgan fingerprint density at radius 3 is 2.56 bits per heavy atom. The van der Waals surface area contributed by atoms with Gasteiger partial charge in [-0.25, -0.2) is 9.48 Å². The summed E-state index contributed by atoms with van der Waals surface area (Å²) in [6.45, 7) is 5.03. The number of aromatic nitrogens is 3. The maximum Gasteiger partial charge on any atom is 0.360 e. The summed E-state index contributed by atoms with van der Waals surface area (Å²) in [5, 5.41) is 7.95. The van der Waals surface area contributed by atoms with Crippen LogP contribution in [0.3, 0.4) is 0 Å². The van der Waals surface area contributed by atoms with Crippen LogP contribution >= 0.6 is 0 Å². The van der Waals surface area contributed by atoms with E-state index in [1.807, 2.05) is 11.6 Å². The van der Waals surface area contributed by atoms with Gasteiger partial charge in [0.2, 0.25) is 0 Å². The molecule has 0 fully saturated rings. The SMILES string of the molecule is CCCCCCCn1nnc(C(=O)OC)c1CC. The van der Waals surface area contributed by atoms with Crippen molar-refractivity contribution in [1.82, 2.24) is 15.0 Å². The molecule has 5 nitrogen and oxygen atoms in total. The molecule has 1 rings (SSSR count). The van der Waals surface area contributed by atoms with E-state index in [0.717, 1.165) is 25.1 Å². The third-order valence-corrected chi connectivity index (χ3v) is 3.02. The first kappa shape index (κ1) is 14.7. The fourth-order valence-corrected chi connectivity index (χ4v) is 1.98. The molecule has 0 aliphatic heterocycles. The summed E-state index contributed by atoms with van der Waals surface area (Å²) in [6.07, 6.45) is 6.81. The average molecular weight is 253 g/mol. The fourth-order valence-electron chi connectivity index (χ4n) is 1.98. The number of aryl methyl sites for hydroxylation is 1. The predicted octanol–water partition coefficient (Wildman–Crippen LogP) is 2.60. The number of methoxy groups -OCH3 is 1. The van der Waals surface area contributed by atoms with Crippen LogP contribution < -0.4 is 0 Å². The van der Waals surface area contributed by atoms with Crippen molar-refractivity contribution in [2.75, 3.05) is 7.11 Å². The zero-order chi connectivity index (χ0) is 13.4. The number of hydrogen-bond acceptors (Lipinski definition) is 4. The van der Waals surface area contributed by atoms with E-state index in [-0.39, 0.29) is 0 Å². The molecular formula is C13H23N3O2. The second-order valence-electron chi connectivity index (χ2n) is 4.37. The molecule has 0 aliphatic rings. The summed E-state index contributed by atoms with van der Waals surface area (Å²) in [5.74, 6) is -0.399. The summed E-state index contributed by atoms with van der Waals surface area (Å²) in [4.78, 5) is 11.5. The van der Waals surface area contributed by atoms with E-state index in [0.29, 0.717) is 5.69 Å². The average Bonchev–Trinajstić information content (AvgIpc) is 2.80. The first-order valence-electron chi connectivity index (χ1n) is 6.75. The Hall–Kier alpha value is -1.39. The van der Waals surface area contributed by atoms with Crippen molar-refractivity contribution in [3.05, 3.63) is 11.4 Å². The number of unbranched alkanes of at least 4 members (excludes halogenated alkanes) is 4. The molecule has 18 heavy (non-hydrogen) atoms. The van der Waals surface area contributed by atoms with Crippen molar-refractivity contribution in [1.29, 1.82) is 0 Å². The summed E-state index contributed by atoms with van der Waals surface area (Å²) in [7, 11) is 1.37. The quantitative estimate of drug-likeness (QED) is 0.528. The minimum Gasteiger partial charge on any atom is -0.464 e. The molecule has 0 radical (unpaired) electrons. The molecule has 1 aromatic heterocycles. The van der Waals surface area contributed by atoms with Crippen molar-refractivity contribution in [2.24, 2.45) is 0 Å². The summed E-state index contributed by atoms with van der Waals surface area (Å²) in [5.41, 5.74) is 1.23. The number of carbonyl (C=O) groups is 1. The molecule has 0 aromatic carbocycles. The van der Waals surface area contributed by atoms with Crippen LogP contribution in [0.1, 0.15) is 62.1 Å². The number of rotatable bonds is 8. The topological polar surface area (TPSA) is 57.0 Å². The van der Waals surface area contributed by atoms with Gasteiger partial charge in [0, 0.05) is 6.54 Å². The largest absolute Gasteiger partial charge is 0.464 e. The van der Waals surface area contributed by atoms with Gasteiger partial charge in [0.25, 0.3) is 0 Å². The summed E-state index contributed by atoms with van der Waals surface area (Å²) in [6, 6.07) is 0. The highest BCUT2D eigenvalue weighted by Gasteiger charge is 2.18. The molecule has 0 unspecified atom stereocenters. The standard InChI is InChI=1S/C13H23N3O2/c1-4-6-7-8-9-10-16-11(5-2)12(14-15-16)13(17)18-3/h4-10H2,1-3H3. The number of esters is 1. The minimum atomic E-state index is -0.399. The molecule has 0 aliphatic carbocycles. The Morgan fingerprint density at radius 1 is 1.22 bits per heavy atom. The van der Waals surface area contributed by atoms with Crippen LogP contribution in [0.4, 0.5) is 0 Å². The van der Waals surface area contributed by atoms with Gasteiger partial charge in [-0.15, -0.1) is 5.10 Å². The van der Waals surface area contributed by atoms with Crippen molar-refractivity contribution < 1.29 is 9.53 Å². The first-order chi connectivity index (χ1) is 8.74. The highest BCUT2D eigenvalue weighted by atomic mass is 16.5. The van der Waals surface area contributed by atoms with Crippen molar-refractivity contribution in [3.63, 3.8) is 0 Å². The van der Waals surface area contributed by atoms with Crippen LogP contribution in [0, 0.1) is 0 Å². The molecule has 1 heterocycles. The highest BCUT2D eigenvalue weighted by Crippen LogP contribution is 2.10. The van der Waals surface area contributed by atoms with E-state index in [1.165, 1.54) is 32.8 Å². The van der Waals surface area contributed by atoms with Gasteiger partial charge in [0.15, 0.2) is 5.69 Å². The van der Waals surface area contributed by atoms with Crippen molar-refractivity contribution in [3.8, 4) is 0 Å². The van der Waals surface area contributed by atoms with E-state index in [1.54, 1.807) is 0 Å². The smallest absolute Gasteiger partial charge is 0.360 e. The molecule has 102 valence electrons. The molecule has 0 N–H and O–H groups in total. The Bertz CT molecular complexity index is 374. The van der Waals surface area contributed by atoms with Gasteiger partial charge in [-0.3, -0.25) is 0 Å². The lowest BCUT2D eigenvalue weighted by atomic mass is 10.1.